The lowest BCUT2D eigenvalue weighted by molar-refractivity contribution is 0.0403. The molecule has 4 rings (SSSR count). The Balaban J connectivity index is 1.62. The predicted molar refractivity (Wildman–Crippen MR) is 89.7 cm³/mol. The molecule has 1 aromatic carbocycles. The van der Waals surface area contributed by atoms with Gasteiger partial charge in [0.25, 0.3) is 5.91 Å². The molecular formula is C17H20N6O. The van der Waals surface area contributed by atoms with Gasteiger partial charge in [-0.1, -0.05) is 30.3 Å². The van der Waals surface area contributed by atoms with Crippen LogP contribution in [0.3, 0.4) is 0 Å². The van der Waals surface area contributed by atoms with Crippen molar-refractivity contribution in [3.05, 3.63) is 41.9 Å². The van der Waals surface area contributed by atoms with Crippen molar-refractivity contribution in [1.29, 1.82) is 0 Å². The number of hydrogen-bond donors (Lipinski definition) is 1. The molecule has 0 saturated carbocycles. The molecule has 0 radical (unpaired) electrons. The van der Waals surface area contributed by atoms with Crippen LogP contribution in [0.25, 0.3) is 10.9 Å². The van der Waals surface area contributed by atoms with Crippen LogP contribution in [-0.2, 0) is 12.0 Å². The summed E-state index contributed by atoms with van der Waals surface area (Å²) in [7, 11) is 0. The van der Waals surface area contributed by atoms with Crippen LogP contribution in [-0.4, -0.2) is 49.1 Å². The lowest BCUT2D eigenvalue weighted by Crippen LogP contribution is -2.60. The second kappa shape index (κ2) is 5.43. The van der Waals surface area contributed by atoms with Gasteiger partial charge in [-0.15, -0.1) is 10.2 Å². The molecule has 24 heavy (non-hydrogen) atoms. The number of para-hydroxylation sites is 1. The number of benzene rings is 1. The number of aromatic amines is 1. The first-order valence-electron chi connectivity index (χ1n) is 8.24. The topological polar surface area (TPSA) is 79.7 Å². The van der Waals surface area contributed by atoms with Crippen molar-refractivity contribution < 1.29 is 4.79 Å². The first-order chi connectivity index (χ1) is 11.6. The van der Waals surface area contributed by atoms with Gasteiger partial charge in [0, 0.05) is 30.5 Å². The molecule has 7 nitrogen and oxygen atoms in total. The van der Waals surface area contributed by atoms with Crippen LogP contribution in [0.4, 0.5) is 0 Å². The zero-order valence-electron chi connectivity index (χ0n) is 13.9. The molecule has 1 aliphatic heterocycles. The third-order valence-corrected chi connectivity index (χ3v) is 4.73. The third-order valence-electron chi connectivity index (χ3n) is 4.73. The molecule has 7 heteroatoms. The van der Waals surface area contributed by atoms with Gasteiger partial charge < -0.3 is 9.47 Å². The zero-order chi connectivity index (χ0) is 16.7. The Morgan fingerprint density at radius 1 is 1.33 bits per heavy atom. The molecule has 3 heterocycles. The second-order valence-electron chi connectivity index (χ2n) is 6.70. The van der Waals surface area contributed by atoms with Crippen molar-refractivity contribution in [2.24, 2.45) is 0 Å². The van der Waals surface area contributed by atoms with Gasteiger partial charge in [-0.25, -0.2) is 0 Å². The number of rotatable bonds is 4. The number of aromatic nitrogens is 5. The lowest BCUT2D eigenvalue weighted by Gasteiger charge is -2.45. The number of hydrogen-bond acceptors (Lipinski definition) is 4. The molecule has 124 valence electrons. The quantitative estimate of drug-likeness (QED) is 0.796. The molecule has 0 atom stereocenters. The van der Waals surface area contributed by atoms with Gasteiger partial charge >= 0.3 is 0 Å². The number of aryl methyl sites for hydroxylation is 1. The molecule has 0 aliphatic carbocycles. The molecular weight excluding hydrogens is 304 g/mol. The van der Waals surface area contributed by atoms with E-state index in [1.54, 1.807) is 0 Å². The van der Waals surface area contributed by atoms with Crippen molar-refractivity contribution >= 4 is 16.8 Å². The minimum Gasteiger partial charge on any atom is -0.337 e. The van der Waals surface area contributed by atoms with E-state index in [-0.39, 0.29) is 11.3 Å². The fraction of sp³-hybridized carbons (Fsp3) is 0.412. The van der Waals surface area contributed by atoms with Gasteiger partial charge in [0.15, 0.2) is 5.82 Å². The third kappa shape index (κ3) is 2.19. The van der Waals surface area contributed by atoms with E-state index in [0.29, 0.717) is 18.9 Å². The molecule has 0 bridgehead atoms. The summed E-state index contributed by atoms with van der Waals surface area (Å²) >= 11 is 0. The van der Waals surface area contributed by atoms with Gasteiger partial charge in [-0.3, -0.25) is 4.79 Å². The average Bonchev–Trinajstić information content (AvgIpc) is 3.20. The summed E-state index contributed by atoms with van der Waals surface area (Å²) in [5, 5.41) is 15.4. The SMILES string of the molecule is CCCn1c(C(=O)N2CC(C)(c3nn[nH]n3)C2)cc2ccccc21. The van der Waals surface area contributed by atoms with Crippen molar-refractivity contribution in [2.45, 2.75) is 32.2 Å². The number of nitrogens with one attached hydrogen (secondary N) is 1. The summed E-state index contributed by atoms with van der Waals surface area (Å²) in [6.45, 7) is 6.24. The van der Waals surface area contributed by atoms with Gasteiger partial charge in [0.1, 0.15) is 5.69 Å². The number of amides is 1. The molecule has 1 saturated heterocycles. The van der Waals surface area contributed by atoms with E-state index in [1.165, 1.54) is 0 Å². The summed E-state index contributed by atoms with van der Waals surface area (Å²) in [4.78, 5) is 14.8. The Bertz CT molecular complexity index is 876. The van der Waals surface area contributed by atoms with Gasteiger partial charge in [0.2, 0.25) is 0 Å². The monoisotopic (exact) mass is 324 g/mol. The average molecular weight is 324 g/mol. The van der Waals surface area contributed by atoms with Gasteiger partial charge in [0.05, 0.1) is 5.41 Å². The summed E-state index contributed by atoms with van der Waals surface area (Å²) in [5.41, 5.74) is 1.65. The summed E-state index contributed by atoms with van der Waals surface area (Å²) in [6.07, 6.45) is 0.986. The second-order valence-corrected chi connectivity index (χ2v) is 6.70. The Morgan fingerprint density at radius 3 is 2.83 bits per heavy atom. The zero-order valence-corrected chi connectivity index (χ0v) is 13.9. The molecule has 1 fully saturated rings. The molecule has 1 N–H and O–H groups in total. The number of fused-ring (bicyclic) bond motifs is 1. The number of carbonyl (C=O) groups is 1. The maximum atomic E-state index is 13.0. The van der Waals surface area contributed by atoms with E-state index >= 15 is 0 Å². The Kier molecular flexibility index (Phi) is 3.37. The van der Waals surface area contributed by atoms with Crippen molar-refractivity contribution in [3.63, 3.8) is 0 Å². The fourth-order valence-electron chi connectivity index (χ4n) is 3.51. The van der Waals surface area contributed by atoms with Crippen LogP contribution < -0.4 is 0 Å². The fourth-order valence-corrected chi connectivity index (χ4v) is 3.51. The highest BCUT2D eigenvalue weighted by Crippen LogP contribution is 2.33. The molecule has 1 aliphatic rings. The van der Waals surface area contributed by atoms with Crippen LogP contribution in [0.15, 0.2) is 30.3 Å². The summed E-state index contributed by atoms with van der Waals surface area (Å²) in [5.74, 6) is 0.737. The Hall–Kier alpha value is -2.70. The highest BCUT2D eigenvalue weighted by molar-refractivity contribution is 5.99. The Labute approximate surface area is 139 Å². The van der Waals surface area contributed by atoms with Crippen LogP contribution >= 0.6 is 0 Å². The molecule has 0 spiro atoms. The first-order valence-corrected chi connectivity index (χ1v) is 8.24. The van der Waals surface area contributed by atoms with E-state index in [9.17, 15) is 4.79 Å². The van der Waals surface area contributed by atoms with Crippen LogP contribution in [0, 0.1) is 0 Å². The highest BCUT2D eigenvalue weighted by Gasteiger charge is 2.46. The first kappa shape index (κ1) is 14.9. The number of carbonyl (C=O) groups excluding carboxylic acids is 1. The number of H-pyrrole nitrogens is 1. The molecule has 2 aromatic heterocycles. The molecule has 1 amide bonds. The van der Waals surface area contributed by atoms with E-state index in [4.69, 9.17) is 0 Å². The van der Waals surface area contributed by atoms with Crippen LogP contribution in [0.5, 0.6) is 0 Å². The number of tetrazole rings is 1. The lowest BCUT2D eigenvalue weighted by atomic mass is 9.81. The molecule has 3 aromatic rings. The smallest absolute Gasteiger partial charge is 0.270 e. The van der Waals surface area contributed by atoms with E-state index in [2.05, 4.69) is 51.2 Å². The van der Waals surface area contributed by atoms with E-state index < -0.39 is 0 Å². The number of likely N-dealkylation sites (tertiary alicyclic amines) is 1. The van der Waals surface area contributed by atoms with E-state index in [1.807, 2.05) is 23.1 Å². The normalized spacial score (nSPS) is 16.3. The Morgan fingerprint density at radius 2 is 2.12 bits per heavy atom. The van der Waals surface area contributed by atoms with Crippen molar-refractivity contribution in [2.75, 3.05) is 13.1 Å². The minimum atomic E-state index is -0.218. The predicted octanol–water partition coefficient (Wildman–Crippen LogP) is 1.98. The highest BCUT2D eigenvalue weighted by atomic mass is 16.2. The summed E-state index contributed by atoms with van der Waals surface area (Å²) in [6, 6.07) is 10.1. The van der Waals surface area contributed by atoms with Crippen molar-refractivity contribution in [1.82, 2.24) is 30.1 Å². The van der Waals surface area contributed by atoms with Gasteiger partial charge in [-0.05, 0) is 25.5 Å². The largest absolute Gasteiger partial charge is 0.337 e. The van der Waals surface area contributed by atoms with Crippen LogP contribution in [0.1, 0.15) is 36.6 Å². The minimum absolute atomic E-state index is 0.0700. The van der Waals surface area contributed by atoms with Crippen LogP contribution in [0.2, 0.25) is 0 Å². The van der Waals surface area contributed by atoms with E-state index in [0.717, 1.165) is 29.6 Å². The molecule has 0 unspecified atom stereocenters. The van der Waals surface area contributed by atoms with Gasteiger partial charge in [-0.2, -0.15) is 5.21 Å². The number of nitrogens with zero attached hydrogens (tertiary/aromatic N) is 5. The van der Waals surface area contributed by atoms with Crippen molar-refractivity contribution in [3.8, 4) is 0 Å². The maximum Gasteiger partial charge on any atom is 0.270 e. The standard InChI is InChI=1S/C17H20N6O/c1-3-8-23-13-7-5-4-6-12(13)9-14(23)15(24)22-10-17(2,11-22)16-18-20-21-19-16/h4-7,9H,3,8,10-11H2,1-2H3,(H,18,19,20,21). The summed E-state index contributed by atoms with van der Waals surface area (Å²) < 4.78 is 2.13. The maximum absolute atomic E-state index is 13.0.